The summed E-state index contributed by atoms with van der Waals surface area (Å²) in [6.45, 7) is 1.79. The van der Waals surface area contributed by atoms with Crippen LogP contribution in [0.4, 0.5) is 0 Å². The predicted octanol–water partition coefficient (Wildman–Crippen LogP) is 1.06. The number of aliphatic hydroxyl groups is 1. The molecule has 1 saturated heterocycles. The predicted molar refractivity (Wildman–Crippen MR) is 78.5 cm³/mol. The van der Waals surface area contributed by atoms with Gasteiger partial charge in [-0.2, -0.15) is 0 Å². The Morgan fingerprint density at radius 3 is 2.24 bits per heavy atom. The first-order chi connectivity index (χ1) is 10.1. The van der Waals surface area contributed by atoms with Crippen molar-refractivity contribution in [3.05, 3.63) is 0 Å². The lowest BCUT2D eigenvalue weighted by Gasteiger charge is -2.32. The second kappa shape index (κ2) is 5.95. The molecule has 2 N–H and O–H groups in total. The number of hydrogen-bond donors (Lipinski definition) is 2. The SMILES string of the molecule is O=C(NCC1(O)CCCC1)C1CCN(C(=O)C2CC2)CC1. The summed E-state index contributed by atoms with van der Waals surface area (Å²) in [6.07, 6.45) is 7.27. The van der Waals surface area contributed by atoms with Crippen LogP contribution in [0, 0.1) is 11.8 Å². The average Bonchev–Trinajstić information content (AvgIpc) is 3.27. The Morgan fingerprint density at radius 1 is 1.05 bits per heavy atom. The first-order valence-electron chi connectivity index (χ1n) is 8.36. The lowest BCUT2D eigenvalue weighted by molar-refractivity contribution is -0.136. The van der Waals surface area contributed by atoms with E-state index in [1.807, 2.05) is 4.90 Å². The molecule has 0 unspecified atom stereocenters. The van der Waals surface area contributed by atoms with Gasteiger partial charge < -0.3 is 15.3 Å². The Kier molecular flexibility index (Phi) is 4.20. The second-order valence-electron chi connectivity index (χ2n) is 7.02. The van der Waals surface area contributed by atoms with Gasteiger partial charge in [-0.1, -0.05) is 12.8 Å². The van der Waals surface area contributed by atoms with E-state index in [0.29, 0.717) is 19.6 Å². The maximum Gasteiger partial charge on any atom is 0.225 e. The van der Waals surface area contributed by atoms with Crippen molar-refractivity contribution >= 4 is 11.8 Å². The molecule has 5 nitrogen and oxygen atoms in total. The van der Waals surface area contributed by atoms with Crippen molar-refractivity contribution in [3.63, 3.8) is 0 Å². The smallest absolute Gasteiger partial charge is 0.225 e. The minimum Gasteiger partial charge on any atom is -0.388 e. The summed E-state index contributed by atoms with van der Waals surface area (Å²) in [6, 6.07) is 0. The number of carbonyl (C=O) groups excluding carboxylic acids is 2. The molecule has 1 heterocycles. The van der Waals surface area contributed by atoms with E-state index in [0.717, 1.165) is 51.4 Å². The van der Waals surface area contributed by atoms with Crippen molar-refractivity contribution in [1.82, 2.24) is 10.2 Å². The highest BCUT2D eigenvalue weighted by Gasteiger charge is 2.36. The summed E-state index contributed by atoms with van der Waals surface area (Å²) in [5.74, 6) is 0.605. The summed E-state index contributed by atoms with van der Waals surface area (Å²) < 4.78 is 0. The third kappa shape index (κ3) is 3.57. The van der Waals surface area contributed by atoms with Crippen LogP contribution in [-0.4, -0.2) is 47.1 Å². The van der Waals surface area contributed by atoms with E-state index < -0.39 is 5.60 Å². The fourth-order valence-corrected chi connectivity index (χ4v) is 3.56. The maximum absolute atomic E-state index is 12.2. The van der Waals surface area contributed by atoms with Gasteiger partial charge in [-0.3, -0.25) is 9.59 Å². The Hall–Kier alpha value is -1.10. The largest absolute Gasteiger partial charge is 0.388 e. The molecular formula is C16H26N2O3. The van der Waals surface area contributed by atoms with Gasteiger partial charge in [0, 0.05) is 31.5 Å². The highest BCUT2D eigenvalue weighted by atomic mass is 16.3. The van der Waals surface area contributed by atoms with E-state index in [1.165, 1.54) is 0 Å². The minimum atomic E-state index is -0.682. The highest BCUT2D eigenvalue weighted by Crippen LogP contribution is 2.32. The molecule has 0 radical (unpaired) electrons. The zero-order valence-electron chi connectivity index (χ0n) is 12.6. The molecule has 0 spiro atoms. The van der Waals surface area contributed by atoms with Gasteiger partial charge in [0.25, 0.3) is 0 Å². The molecule has 2 aliphatic carbocycles. The number of carbonyl (C=O) groups is 2. The van der Waals surface area contributed by atoms with Crippen LogP contribution < -0.4 is 5.32 Å². The van der Waals surface area contributed by atoms with E-state index in [2.05, 4.69) is 5.32 Å². The van der Waals surface area contributed by atoms with Crippen LogP contribution >= 0.6 is 0 Å². The second-order valence-corrected chi connectivity index (χ2v) is 7.02. The van der Waals surface area contributed by atoms with Gasteiger partial charge in [0.2, 0.25) is 11.8 Å². The van der Waals surface area contributed by atoms with Crippen LogP contribution in [0.1, 0.15) is 51.4 Å². The Labute approximate surface area is 126 Å². The van der Waals surface area contributed by atoms with Crippen molar-refractivity contribution in [1.29, 1.82) is 0 Å². The van der Waals surface area contributed by atoms with Gasteiger partial charge in [-0.25, -0.2) is 0 Å². The van der Waals surface area contributed by atoms with Crippen molar-refractivity contribution in [3.8, 4) is 0 Å². The average molecular weight is 294 g/mol. The molecule has 1 aliphatic heterocycles. The van der Waals surface area contributed by atoms with Crippen LogP contribution in [-0.2, 0) is 9.59 Å². The van der Waals surface area contributed by atoms with Crippen LogP contribution in [0.5, 0.6) is 0 Å². The monoisotopic (exact) mass is 294 g/mol. The van der Waals surface area contributed by atoms with E-state index in [9.17, 15) is 14.7 Å². The molecule has 3 rings (SSSR count). The quantitative estimate of drug-likeness (QED) is 0.814. The van der Waals surface area contributed by atoms with Crippen LogP contribution in [0.3, 0.4) is 0 Å². The fourth-order valence-electron chi connectivity index (χ4n) is 3.56. The zero-order chi connectivity index (χ0) is 14.9. The third-order valence-corrected chi connectivity index (χ3v) is 5.23. The van der Waals surface area contributed by atoms with Gasteiger partial charge in [0.05, 0.1) is 5.60 Å². The Bertz CT molecular complexity index is 406. The van der Waals surface area contributed by atoms with E-state index >= 15 is 0 Å². The van der Waals surface area contributed by atoms with E-state index in [4.69, 9.17) is 0 Å². The van der Waals surface area contributed by atoms with Gasteiger partial charge in [-0.05, 0) is 38.5 Å². The van der Waals surface area contributed by atoms with Gasteiger partial charge in [-0.15, -0.1) is 0 Å². The zero-order valence-corrected chi connectivity index (χ0v) is 12.6. The molecule has 0 aromatic carbocycles. The molecule has 0 bridgehead atoms. The standard InChI is InChI=1S/C16H26N2O3/c19-14(17-11-16(21)7-1-2-8-16)12-5-9-18(10-6-12)15(20)13-3-4-13/h12-13,21H,1-11H2,(H,17,19). The molecule has 21 heavy (non-hydrogen) atoms. The number of piperidine rings is 1. The van der Waals surface area contributed by atoms with Gasteiger partial charge in [0.1, 0.15) is 0 Å². The molecule has 3 aliphatic rings. The van der Waals surface area contributed by atoms with E-state index in [-0.39, 0.29) is 23.7 Å². The Morgan fingerprint density at radius 2 is 1.67 bits per heavy atom. The highest BCUT2D eigenvalue weighted by molar-refractivity contribution is 5.82. The summed E-state index contributed by atoms with van der Waals surface area (Å²) in [5.41, 5.74) is -0.682. The molecule has 2 amide bonds. The first kappa shape index (κ1) is 14.8. The molecule has 0 aromatic rings. The number of nitrogens with zero attached hydrogens (tertiary/aromatic N) is 1. The number of nitrogens with one attached hydrogen (secondary N) is 1. The normalized spacial score (nSPS) is 25.9. The van der Waals surface area contributed by atoms with Crippen LogP contribution in [0.15, 0.2) is 0 Å². The topological polar surface area (TPSA) is 69.6 Å². The molecule has 3 fully saturated rings. The van der Waals surface area contributed by atoms with Gasteiger partial charge in [0.15, 0.2) is 0 Å². The third-order valence-electron chi connectivity index (χ3n) is 5.23. The summed E-state index contributed by atoms with van der Waals surface area (Å²) in [5, 5.41) is 13.2. The minimum absolute atomic E-state index is 0.00161. The molecule has 118 valence electrons. The van der Waals surface area contributed by atoms with Crippen LogP contribution in [0.25, 0.3) is 0 Å². The van der Waals surface area contributed by atoms with Crippen LogP contribution in [0.2, 0.25) is 0 Å². The van der Waals surface area contributed by atoms with Crippen molar-refractivity contribution in [2.24, 2.45) is 11.8 Å². The molecule has 2 saturated carbocycles. The summed E-state index contributed by atoms with van der Waals surface area (Å²) in [4.78, 5) is 26.1. The Balaban J connectivity index is 1.41. The number of rotatable bonds is 4. The van der Waals surface area contributed by atoms with Gasteiger partial charge >= 0.3 is 0 Å². The maximum atomic E-state index is 12.2. The van der Waals surface area contributed by atoms with Crippen molar-refractivity contribution < 1.29 is 14.7 Å². The first-order valence-corrected chi connectivity index (χ1v) is 8.36. The summed E-state index contributed by atoms with van der Waals surface area (Å²) >= 11 is 0. The molecule has 5 heteroatoms. The molecular weight excluding hydrogens is 268 g/mol. The number of hydrogen-bond acceptors (Lipinski definition) is 3. The van der Waals surface area contributed by atoms with Crippen molar-refractivity contribution in [2.45, 2.75) is 57.0 Å². The van der Waals surface area contributed by atoms with Crippen molar-refractivity contribution in [2.75, 3.05) is 19.6 Å². The molecule has 0 aromatic heterocycles. The molecule has 0 atom stereocenters. The number of amides is 2. The fraction of sp³-hybridized carbons (Fsp3) is 0.875. The van der Waals surface area contributed by atoms with E-state index in [1.54, 1.807) is 0 Å². The number of likely N-dealkylation sites (tertiary alicyclic amines) is 1. The lowest BCUT2D eigenvalue weighted by atomic mass is 9.95. The lowest BCUT2D eigenvalue weighted by Crippen LogP contribution is -2.46. The summed E-state index contributed by atoms with van der Waals surface area (Å²) in [7, 11) is 0.